The molecule has 3 rings (SSSR count). The predicted molar refractivity (Wildman–Crippen MR) is 136 cm³/mol. The number of carbonyl (C=O) groups excluding carboxylic acids is 2. The van der Waals surface area contributed by atoms with E-state index in [0.717, 1.165) is 31.3 Å². The molecular formula is C27H39N3O5. The first-order valence-electron chi connectivity index (χ1n) is 12.7. The van der Waals surface area contributed by atoms with Crippen molar-refractivity contribution in [2.24, 2.45) is 5.92 Å². The molecule has 0 radical (unpaired) electrons. The van der Waals surface area contributed by atoms with E-state index in [1.807, 2.05) is 51.7 Å². The highest BCUT2D eigenvalue weighted by Gasteiger charge is 2.30. The minimum Gasteiger partial charge on any atom is -0.490 e. The van der Waals surface area contributed by atoms with Gasteiger partial charge in [-0.05, 0) is 52.3 Å². The van der Waals surface area contributed by atoms with E-state index in [1.165, 1.54) is 0 Å². The fraction of sp³-hybridized carbons (Fsp3) is 0.593. The van der Waals surface area contributed by atoms with Crippen LogP contribution in [0.1, 0.15) is 57.9 Å². The third-order valence-electron chi connectivity index (χ3n) is 6.14. The number of pyridine rings is 1. The zero-order chi connectivity index (χ0) is 25.4. The number of ether oxygens (including phenoxy) is 3. The molecule has 1 amide bonds. The lowest BCUT2D eigenvalue weighted by Crippen LogP contribution is -2.51. The molecule has 1 aliphatic heterocycles. The highest BCUT2D eigenvalue weighted by Crippen LogP contribution is 2.33. The van der Waals surface area contributed by atoms with E-state index < -0.39 is 0 Å². The SMILES string of the molecule is CCOCCOc1cc(C(=O)N(C(C)C)[C@@H]2CCCNC2)nc2c(OCC(=O)C(C)C)cccc12. The van der Waals surface area contributed by atoms with Crippen LogP contribution in [0, 0.1) is 5.92 Å². The number of nitrogens with zero attached hydrogens (tertiary/aromatic N) is 2. The Morgan fingerprint density at radius 3 is 2.60 bits per heavy atom. The largest absolute Gasteiger partial charge is 0.490 e. The number of carbonyl (C=O) groups is 2. The van der Waals surface area contributed by atoms with Gasteiger partial charge in [-0.3, -0.25) is 9.59 Å². The van der Waals surface area contributed by atoms with Crippen LogP contribution in [0.4, 0.5) is 0 Å². The van der Waals surface area contributed by atoms with Gasteiger partial charge in [-0.15, -0.1) is 0 Å². The molecule has 1 fully saturated rings. The molecule has 1 aromatic carbocycles. The summed E-state index contributed by atoms with van der Waals surface area (Å²) in [6, 6.07) is 7.32. The summed E-state index contributed by atoms with van der Waals surface area (Å²) in [5, 5.41) is 4.12. The number of Topliss-reactive ketones (excluding diaryl/α,β-unsaturated/α-hetero) is 1. The van der Waals surface area contributed by atoms with Crippen molar-refractivity contribution in [1.29, 1.82) is 0 Å². The summed E-state index contributed by atoms with van der Waals surface area (Å²) >= 11 is 0. The lowest BCUT2D eigenvalue weighted by atomic mass is 10.0. The topological polar surface area (TPSA) is 90.0 Å². The van der Waals surface area contributed by atoms with Crippen LogP contribution in [-0.2, 0) is 9.53 Å². The highest BCUT2D eigenvalue weighted by atomic mass is 16.5. The summed E-state index contributed by atoms with van der Waals surface area (Å²) in [5.41, 5.74) is 0.807. The minimum atomic E-state index is -0.140. The maximum absolute atomic E-state index is 13.8. The van der Waals surface area contributed by atoms with E-state index in [2.05, 4.69) is 5.32 Å². The van der Waals surface area contributed by atoms with Gasteiger partial charge in [-0.25, -0.2) is 4.98 Å². The predicted octanol–water partition coefficient (Wildman–Crippen LogP) is 3.86. The van der Waals surface area contributed by atoms with Crippen LogP contribution in [-0.4, -0.2) is 73.2 Å². The normalized spacial score (nSPS) is 16.0. The fourth-order valence-corrected chi connectivity index (χ4v) is 4.23. The number of amides is 1. The van der Waals surface area contributed by atoms with Gasteiger partial charge in [0.15, 0.2) is 5.78 Å². The average Bonchev–Trinajstić information content (AvgIpc) is 2.85. The average molecular weight is 486 g/mol. The Morgan fingerprint density at radius 2 is 1.94 bits per heavy atom. The first-order valence-corrected chi connectivity index (χ1v) is 12.7. The van der Waals surface area contributed by atoms with E-state index >= 15 is 0 Å². The number of hydrogen-bond donors (Lipinski definition) is 1. The maximum atomic E-state index is 13.8. The summed E-state index contributed by atoms with van der Waals surface area (Å²) in [4.78, 5) is 32.6. The van der Waals surface area contributed by atoms with Crippen molar-refractivity contribution >= 4 is 22.6 Å². The number of fused-ring (bicyclic) bond motifs is 1. The monoisotopic (exact) mass is 485 g/mol. The van der Waals surface area contributed by atoms with Crippen molar-refractivity contribution in [3.05, 3.63) is 30.0 Å². The maximum Gasteiger partial charge on any atom is 0.273 e. The van der Waals surface area contributed by atoms with Crippen LogP contribution in [0.5, 0.6) is 11.5 Å². The van der Waals surface area contributed by atoms with Gasteiger partial charge in [0.05, 0.1) is 6.61 Å². The number of hydrogen-bond acceptors (Lipinski definition) is 7. The third kappa shape index (κ3) is 6.92. The van der Waals surface area contributed by atoms with E-state index in [0.29, 0.717) is 42.5 Å². The van der Waals surface area contributed by atoms with Crippen molar-refractivity contribution < 1.29 is 23.8 Å². The van der Waals surface area contributed by atoms with Gasteiger partial charge in [0, 0.05) is 42.6 Å². The summed E-state index contributed by atoms with van der Waals surface area (Å²) in [6.07, 6.45) is 1.98. The number of piperidine rings is 1. The standard InChI is InChI=1S/C27H39N3O5/c1-6-33-13-14-34-25-15-22(27(32)30(19(4)5)20-9-8-12-28-16-20)29-26-21(25)10-7-11-24(26)35-17-23(31)18(2)3/h7,10-11,15,18-20,28H,6,8-9,12-14,16-17H2,1-5H3/t20-/m1/s1. The van der Waals surface area contributed by atoms with Gasteiger partial charge in [0.2, 0.25) is 0 Å². The van der Waals surface area contributed by atoms with Crippen molar-refractivity contribution in [3.63, 3.8) is 0 Å². The van der Waals surface area contributed by atoms with Crippen LogP contribution < -0.4 is 14.8 Å². The van der Waals surface area contributed by atoms with Crippen LogP contribution in [0.25, 0.3) is 10.9 Å². The lowest BCUT2D eigenvalue weighted by molar-refractivity contribution is -0.123. The molecule has 0 aliphatic carbocycles. The zero-order valence-electron chi connectivity index (χ0n) is 21.6. The fourth-order valence-electron chi connectivity index (χ4n) is 4.23. The van der Waals surface area contributed by atoms with Gasteiger partial charge < -0.3 is 24.4 Å². The molecule has 1 saturated heterocycles. The Balaban J connectivity index is 2.01. The van der Waals surface area contributed by atoms with Crippen molar-refractivity contribution in [1.82, 2.24) is 15.2 Å². The van der Waals surface area contributed by atoms with Crippen LogP contribution in [0.15, 0.2) is 24.3 Å². The van der Waals surface area contributed by atoms with Crippen molar-refractivity contribution in [2.45, 2.75) is 59.5 Å². The molecule has 2 aromatic rings. The molecule has 1 aromatic heterocycles. The number of rotatable bonds is 12. The van der Waals surface area contributed by atoms with Gasteiger partial charge >= 0.3 is 0 Å². The molecule has 35 heavy (non-hydrogen) atoms. The molecule has 0 saturated carbocycles. The Bertz CT molecular complexity index is 1000. The molecule has 8 nitrogen and oxygen atoms in total. The lowest BCUT2D eigenvalue weighted by Gasteiger charge is -2.37. The highest BCUT2D eigenvalue weighted by molar-refractivity contribution is 5.99. The number of para-hydroxylation sites is 1. The van der Waals surface area contributed by atoms with Crippen LogP contribution in [0.2, 0.25) is 0 Å². The molecule has 8 heteroatoms. The second-order valence-corrected chi connectivity index (χ2v) is 9.42. The van der Waals surface area contributed by atoms with E-state index in [-0.39, 0.29) is 36.3 Å². The minimum absolute atomic E-state index is 0.00166. The van der Waals surface area contributed by atoms with Crippen molar-refractivity contribution in [3.8, 4) is 11.5 Å². The Morgan fingerprint density at radius 1 is 1.14 bits per heavy atom. The van der Waals surface area contributed by atoms with Gasteiger partial charge in [-0.2, -0.15) is 0 Å². The molecule has 1 aliphatic rings. The smallest absolute Gasteiger partial charge is 0.273 e. The Hall–Kier alpha value is -2.71. The van der Waals surface area contributed by atoms with Crippen LogP contribution >= 0.6 is 0 Å². The second kappa shape index (κ2) is 12.8. The third-order valence-corrected chi connectivity index (χ3v) is 6.14. The molecule has 2 heterocycles. The molecule has 1 N–H and O–H groups in total. The van der Waals surface area contributed by atoms with Gasteiger partial charge in [0.1, 0.15) is 35.9 Å². The van der Waals surface area contributed by atoms with E-state index in [4.69, 9.17) is 19.2 Å². The first-order chi connectivity index (χ1) is 16.8. The summed E-state index contributed by atoms with van der Waals surface area (Å²) < 4.78 is 17.3. The molecule has 1 atom stereocenters. The molecule has 0 bridgehead atoms. The van der Waals surface area contributed by atoms with E-state index in [1.54, 1.807) is 12.1 Å². The van der Waals surface area contributed by atoms with Crippen LogP contribution in [0.3, 0.4) is 0 Å². The first kappa shape index (κ1) is 26.9. The zero-order valence-corrected chi connectivity index (χ0v) is 21.6. The van der Waals surface area contributed by atoms with Crippen molar-refractivity contribution in [2.75, 3.05) is 39.5 Å². The second-order valence-electron chi connectivity index (χ2n) is 9.42. The number of ketones is 1. The molecular weight excluding hydrogens is 446 g/mol. The summed E-state index contributed by atoms with van der Waals surface area (Å²) in [7, 11) is 0. The van der Waals surface area contributed by atoms with E-state index in [9.17, 15) is 9.59 Å². The number of aromatic nitrogens is 1. The summed E-state index contributed by atoms with van der Waals surface area (Å²) in [5.74, 6) is 0.730. The number of benzene rings is 1. The number of nitrogens with one attached hydrogen (secondary N) is 1. The Kier molecular flexibility index (Phi) is 9.86. The molecule has 0 spiro atoms. The summed E-state index contributed by atoms with van der Waals surface area (Å²) in [6.45, 7) is 12.7. The Labute approximate surface area is 208 Å². The molecule has 192 valence electrons. The quantitative estimate of drug-likeness (QED) is 0.457. The van der Waals surface area contributed by atoms with Gasteiger partial charge in [0.25, 0.3) is 5.91 Å². The van der Waals surface area contributed by atoms with Gasteiger partial charge in [-0.1, -0.05) is 19.9 Å². The molecule has 0 unspecified atom stereocenters.